The predicted octanol–water partition coefficient (Wildman–Crippen LogP) is 5.21. The first-order valence-electron chi connectivity index (χ1n) is 12.5. The summed E-state index contributed by atoms with van der Waals surface area (Å²) < 4.78 is 0. The average molecular weight is 439 g/mol. The van der Waals surface area contributed by atoms with Crippen molar-refractivity contribution >= 4 is 22.8 Å². The minimum Gasteiger partial charge on any atom is -0.0763 e. The molecule has 0 bridgehead atoms. The Morgan fingerprint density at radius 3 is 1.71 bits per heavy atom. The lowest BCUT2D eigenvalue weighted by Gasteiger charge is -2.42. The van der Waals surface area contributed by atoms with Crippen molar-refractivity contribution in [1.82, 2.24) is 0 Å². The van der Waals surface area contributed by atoms with Crippen LogP contribution >= 0.6 is 0 Å². The van der Waals surface area contributed by atoms with Crippen molar-refractivity contribution in [3.8, 4) is 0 Å². The van der Waals surface area contributed by atoms with Crippen molar-refractivity contribution < 1.29 is 0 Å². The molecule has 0 saturated heterocycles. The van der Waals surface area contributed by atoms with Crippen LogP contribution in [0.25, 0.3) is 22.8 Å². The van der Waals surface area contributed by atoms with Gasteiger partial charge in [-0.15, -0.1) is 0 Å². The molecular weight excluding hydrogens is 408 g/mol. The molecule has 0 unspecified atom stereocenters. The Balaban J connectivity index is 1.90. The third kappa shape index (κ3) is 3.21. The van der Waals surface area contributed by atoms with E-state index in [1.807, 2.05) is 0 Å². The van der Waals surface area contributed by atoms with Gasteiger partial charge in [0.2, 0.25) is 0 Å². The molecule has 0 aromatic heterocycles. The maximum atomic E-state index is 2.41. The Hall–Kier alpha value is -3.64. The van der Waals surface area contributed by atoms with Gasteiger partial charge < -0.3 is 0 Å². The van der Waals surface area contributed by atoms with Gasteiger partial charge in [0.25, 0.3) is 0 Å². The van der Waals surface area contributed by atoms with Crippen LogP contribution in [0.2, 0.25) is 0 Å². The summed E-state index contributed by atoms with van der Waals surface area (Å²) in [6, 6.07) is 40.6. The van der Waals surface area contributed by atoms with E-state index in [9.17, 15) is 0 Å². The van der Waals surface area contributed by atoms with Crippen LogP contribution in [-0.2, 0) is 5.41 Å². The second-order valence-corrected chi connectivity index (χ2v) is 9.60. The van der Waals surface area contributed by atoms with Crippen LogP contribution in [0.4, 0.5) is 0 Å². The fraction of sp³-hybridized carbons (Fsp3) is 0.176. The number of rotatable bonds is 4. The number of hydrogen-bond donors (Lipinski definition) is 0. The fourth-order valence-electron chi connectivity index (χ4n) is 6.36. The molecule has 0 heteroatoms. The lowest BCUT2D eigenvalue weighted by molar-refractivity contribution is 0.759. The summed E-state index contributed by atoms with van der Waals surface area (Å²) in [6.45, 7) is 2.31. The molecule has 0 fully saturated rings. The fourth-order valence-corrected chi connectivity index (χ4v) is 6.36. The average Bonchev–Trinajstić information content (AvgIpc) is 2.92. The molecule has 2 aliphatic rings. The van der Waals surface area contributed by atoms with Crippen molar-refractivity contribution in [2.24, 2.45) is 0 Å². The molecule has 0 atom stereocenters. The quantitative estimate of drug-likeness (QED) is 0.410. The minimum atomic E-state index is -0.302. The van der Waals surface area contributed by atoms with E-state index in [1.165, 1.54) is 48.7 Å². The van der Waals surface area contributed by atoms with Crippen molar-refractivity contribution in [2.45, 2.75) is 38.0 Å². The summed E-state index contributed by atoms with van der Waals surface area (Å²) in [5, 5.41) is 5.60. The Labute approximate surface area is 201 Å². The standard InChI is InChI=1S/C34H30/c1-25-23-24-33(31-21-11-10-19-29(25)31)34(27-15-4-2-5-16-27,28-17-6-3-7-18-28)32-22-12-14-26-13-8-9-20-30(26)32/h2-11,13-21H,12,22-24H2,1H3. The van der Waals surface area contributed by atoms with E-state index in [-0.39, 0.29) is 5.41 Å². The highest BCUT2D eigenvalue weighted by Gasteiger charge is 2.42. The third-order valence-corrected chi connectivity index (χ3v) is 7.83. The summed E-state index contributed by atoms with van der Waals surface area (Å²) in [5.41, 5.74) is 7.01. The molecule has 0 N–H and O–H groups in total. The third-order valence-electron chi connectivity index (χ3n) is 7.83. The number of benzene rings is 4. The zero-order chi connectivity index (χ0) is 23.0. The molecule has 0 nitrogen and oxygen atoms in total. The van der Waals surface area contributed by atoms with E-state index < -0.39 is 0 Å². The molecule has 0 spiro atoms. The second kappa shape index (κ2) is 8.61. The van der Waals surface area contributed by atoms with Gasteiger partial charge in [-0.25, -0.2) is 0 Å². The molecule has 4 aromatic carbocycles. The molecule has 0 aliphatic heterocycles. The van der Waals surface area contributed by atoms with Crippen LogP contribution in [-0.4, -0.2) is 0 Å². The van der Waals surface area contributed by atoms with Gasteiger partial charge in [0.1, 0.15) is 0 Å². The predicted molar refractivity (Wildman–Crippen MR) is 144 cm³/mol. The van der Waals surface area contributed by atoms with Gasteiger partial charge in [0.05, 0.1) is 5.41 Å². The van der Waals surface area contributed by atoms with Crippen LogP contribution in [0.15, 0.2) is 109 Å². The van der Waals surface area contributed by atoms with Gasteiger partial charge in [0.15, 0.2) is 0 Å². The number of fused-ring (bicyclic) bond motifs is 2. The van der Waals surface area contributed by atoms with Crippen LogP contribution in [0.1, 0.15) is 43.7 Å². The lowest BCUT2D eigenvalue weighted by Crippen LogP contribution is -2.45. The Kier molecular flexibility index (Phi) is 5.30. The summed E-state index contributed by atoms with van der Waals surface area (Å²) in [4.78, 5) is 0. The van der Waals surface area contributed by atoms with E-state index in [4.69, 9.17) is 0 Å². The molecule has 4 aromatic rings. The van der Waals surface area contributed by atoms with Crippen LogP contribution in [0, 0.1) is 0 Å². The van der Waals surface area contributed by atoms with Gasteiger partial charge in [-0.1, -0.05) is 121 Å². The maximum Gasteiger partial charge on any atom is 0.0639 e. The Morgan fingerprint density at radius 2 is 1.03 bits per heavy atom. The van der Waals surface area contributed by atoms with Gasteiger partial charge >= 0.3 is 0 Å². The second-order valence-electron chi connectivity index (χ2n) is 9.60. The van der Waals surface area contributed by atoms with E-state index in [0.29, 0.717) is 0 Å². The van der Waals surface area contributed by atoms with E-state index in [1.54, 1.807) is 0 Å². The van der Waals surface area contributed by atoms with Crippen molar-refractivity contribution in [1.29, 1.82) is 0 Å². The summed E-state index contributed by atoms with van der Waals surface area (Å²) in [6.07, 6.45) is 6.73. The number of hydrogen-bond acceptors (Lipinski definition) is 0. The molecule has 6 rings (SSSR count). The molecule has 0 heterocycles. The summed E-state index contributed by atoms with van der Waals surface area (Å²) >= 11 is 0. The van der Waals surface area contributed by atoms with Crippen molar-refractivity contribution in [3.63, 3.8) is 0 Å². The SMILES string of the molecule is CC1=c2ccccc2=C(C(C2=c3ccccc3=CCC2)(c2ccccc2)c2ccccc2)CC1. The van der Waals surface area contributed by atoms with Crippen LogP contribution in [0.5, 0.6) is 0 Å². The Morgan fingerprint density at radius 1 is 0.500 bits per heavy atom. The van der Waals surface area contributed by atoms with Crippen molar-refractivity contribution in [2.75, 3.05) is 0 Å². The topological polar surface area (TPSA) is 0 Å². The first-order valence-corrected chi connectivity index (χ1v) is 12.5. The van der Waals surface area contributed by atoms with Crippen LogP contribution in [0.3, 0.4) is 0 Å². The van der Waals surface area contributed by atoms with Gasteiger partial charge in [-0.3, -0.25) is 0 Å². The first kappa shape index (κ1) is 20.9. The molecule has 2 aliphatic carbocycles. The smallest absolute Gasteiger partial charge is 0.0639 e. The highest BCUT2D eigenvalue weighted by Crippen LogP contribution is 2.50. The van der Waals surface area contributed by atoms with E-state index in [2.05, 4.69) is 122 Å². The van der Waals surface area contributed by atoms with Gasteiger partial charge in [0, 0.05) is 0 Å². The molecule has 34 heavy (non-hydrogen) atoms. The summed E-state index contributed by atoms with van der Waals surface area (Å²) in [5.74, 6) is 0. The molecular formula is C34H30. The van der Waals surface area contributed by atoms with Gasteiger partial charge in [-0.05, 0) is 75.8 Å². The van der Waals surface area contributed by atoms with Crippen LogP contribution < -0.4 is 20.9 Å². The lowest BCUT2D eigenvalue weighted by atomic mass is 9.60. The minimum absolute atomic E-state index is 0.302. The van der Waals surface area contributed by atoms with E-state index in [0.717, 1.165) is 25.7 Å². The molecule has 0 amide bonds. The zero-order valence-electron chi connectivity index (χ0n) is 19.8. The summed E-state index contributed by atoms with van der Waals surface area (Å²) in [7, 11) is 0. The highest BCUT2D eigenvalue weighted by molar-refractivity contribution is 5.87. The first-order chi connectivity index (χ1) is 16.8. The monoisotopic (exact) mass is 438 g/mol. The van der Waals surface area contributed by atoms with Gasteiger partial charge in [-0.2, -0.15) is 0 Å². The molecule has 0 radical (unpaired) electrons. The normalized spacial score (nSPS) is 15.4. The highest BCUT2D eigenvalue weighted by atomic mass is 14.4. The molecule has 166 valence electrons. The largest absolute Gasteiger partial charge is 0.0763 e. The Bertz CT molecular complexity index is 1550. The zero-order valence-corrected chi connectivity index (χ0v) is 19.8. The molecule has 0 saturated carbocycles. The van der Waals surface area contributed by atoms with E-state index >= 15 is 0 Å². The van der Waals surface area contributed by atoms with Crippen molar-refractivity contribution in [3.05, 3.63) is 141 Å². The maximum absolute atomic E-state index is 2.41.